The number of morpholine rings is 1. The molecular weight excluding hydrogens is 549 g/mol. The SMILES string of the molecule is Cn1cc(NC(=O)Nc2ccc(-c3nc(N4CCOCC4)cc(C4(S(=O)(=O)c5ccc(F)cc5)CC4)n3)cc2)cn1. The Morgan fingerprint density at radius 2 is 1.66 bits per heavy atom. The average Bonchev–Trinajstić information content (AvgIpc) is 3.71. The van der Waals surface area contributed by atoms with Crippen LogP contribution in [0, 0.1) is 5.82 Å². The third-order valence-corrected chi connectivity index (χ3v) is 9.76. The molecule has 1 aliphatic carbocycles. The van der Waals surface area contributed by atoms with E-state index in [9.17, 15) is 17.6 Å². The molecule has 2 aromatic carbocycles. The third-order valence-electron chi connectivity index (χ3n) is 7.22. The number of ether oxygens (including phenoxy) is 1. The maximum absolute atomic E-state index is 13.8. The minimum atomic E-state index is -3.85. The molecule has 3 heterocycles. The van der Waals surface area contributed by atoms with E-state index in [1.165, 1.54) is 12.1 Å². The lowest BCUT2D eigenvalue weighted by molar-refractivity contribution is 0.122. The van der Waals surface area contributed by atoms with Crippen LogP contribution in [0.1, 0.15) is 18.5 Å². The molecule has 13 heteroatoms. The van der Waals surface area contributed by atoms with Crippen LogP contribution >= 0.6 is 0 Å². The summed E-state index contributed by atoms with van der Waals surface area (Å²) in [6.45, 7) is 2.30. The minimum Gasteiger partial charge on any atom is -0.378 e. The number of amides is 2. The van der Waals surface area contributed by atoms with Gasteiger partial charge in [-0.1, -0.05) is 0 Å². The van der Waals surface area contributed by atoms with Crippen molar-refractivity contribution >= 4 is 33.1 Å². The second-order valence-electron chi connectivity index (χ2n) is 10.0. The van der Waals surface area contributed by atoms with Crippen molar-refractivity contribution in [3.8, 4) is 11.4 Å². The molecule has 2 fully saturated rings. The Labute approximate surface area is 236 Å². The van der Waals surface area contributed by atoms with Crippen molar-refractivity contribution in [1.82, 2.24) is 19.7 Å². The van der Waals surface area contributed by atoms with Gasteiger partial charge in [0.05, 0.1) is 35.7 Å². The van der Waals surface area contributed by atoms with Crippen molar-refractivity contribution in [2.75, 3.05) is 41.8 Å². The van der Waals surface area contributed by atoms with Crippen LogP contribution in [0.4, 0.5) is 26.4 Å². The van der Waals surface area contributed by atoms with E-state index in [0.29, 0.717) is 73.4 Å². The molecule has 2 amide bonds. The van der Waals surface area contributed by atoms with E-state index >= 15 is 0 Å². The summed E-state index contributed by atoms with van der Waals surface area (Å²) in [5, 5.41) is 9.51. The number of rotatable bonds is 7. The number of aryl methyl sites for hydroxylation is 1. The minimum absolute atomic E-state index is 0.0597. The molecule has 1 aliphatic heterocycles. The fourth-order valence-electron chi connectivity index (χ4n) is 4.85. The highest BCUT2D eigenvalue weighted by atomic mass is 32.2. The van der Waals surface area contributed by atoms with Gasteiger partial charge in [-0.15, -0.1) is 0 Å². The molecule has 11 nitrogen and oxygen atoms in total. The number of benzene rings is 2. The highest BCUT2D eigenvalue weighted by Crippen LogP contribution is 2.55. The molecule has 0 radical (unpaired) electrons. The van der Waals surface area contributed by atoms with Crippen LogP contribution in [0.5, 0.6) is 0 Å². The molecule has 212 valence electrons. The van der Waals surface area contributed by atoms with Crippen LogP contribution in [0.15, 0.2) is 71.9 Å². The third kappa shape index (κ3) is 5.37. The summed E-state index contributed by atoms with van der Waals surface area (Å²) in [7, 11) is -2.09. The van der Waals surface area contributed by atoms with Gasteiger partial charge >= 0.3 is 6.03 Å². The summed E-state index contributed by atoms with van der Waals surface area (Å²) in [5.41, 5.74) is 2.19. The first kappa shape index (κ1) is 26.8. The normalized spacial score (nSPS) is 16.3. The highest BCUT2D eigenvalue weighted by molar-refractivity contribution is 7.92. The van der Waals surface area contributed by atoms with Crippen molar-refractivity contribution in [3.63, 3.8) is 0 Å². The molecule has 1 saturated heterocycles. The zero-order chi connectivity index (χ0) is 28.6. The number of nitrogens with zero attached hydrogens (tertiary/aromatic N) is 5. The van der Waals surface area contributed by atoms with E-state index in [0.717, 1.165) is 12.1 Å². The first-order valence-electron chi connectivity index (χ1n) is 13.1. The molecule has 1 saturated carbocycles. The van der Waals surface area contributed by atoms with Crippen molar-refractivity contribution in [2.45, 2.75) is 22.5 Å². The van der Waals surface area contributed by atoms with Crippen LogP contribution in [0.2, 0.25) is 0 Å². The average molecular weight is 578 g/mol. The van der Waals surface area contributed by atoms with Gasteiger partial charge in [0.2, 0.25) is 0 Å². The van der Waals surface area contributed by atoms with Crippen LogP contribution in [-0.2, 0) is 26.4 Å². The number of carbonyl (C=O) groups excluding carboxylic acids is 1. The topological polar surface area (TPSA) is 131 Å². The zero-order valence-corrected chi connectivity index (χ0v) is 23.1. The Bertz CT molecular complexity index is 1680. The predicted octanol–water partition coefficient (Wildman–Crippen LogP) is 3.96. The molecule has 2 aromatic heterocycles. The number of nitrogens with one attached hydrogen (secondary N) is 2. The fourth-order valence-corrected chi connectivity index (χ4v) is 6.81. The molecular formula is C28H28FN7O4S. The fraction of sp³-hybridized carbons (Fsp3) is 0.286. The number of carbonyl (C=O) groups is 1. The van der Waals surface area contributed by atoms with Gasteiger partial charge in [-0.25, -0.2) is 27.6 Å². The molecule has 41 heavy (non-hydrogen) atoms. The summed E-state index contributed by atoms with van der Waals surface area (Å²) < 4.78 is 47.0. The summed E-state index contributed by atoms with van der Waals surface area (Å²) >= 11 is 0. The predicted molar refractivity (Wildman–Crippen MR) is 151 cm³/mol. The van der Waals surface area contributed by atoms with Crippen molar-refractivity contribution in [2.24, 2.45) is 7.05 Å². The summed E-state index contributed by atoms with van der Waals surface area (Å²) in [6, 6.07) is 13.2. The van der Waals surface area contributed by atoms with E-state index in [1.807, 2.05) is 0 Å². The molecule has 0 unspecified atom stereocenters. The van der Waals surface area contributed by atoms with E-state index in [-0.39, 0.29) is 4.90 Å². The number of sulfone groups is 1. The van der Waals surface area contributed by atoms with Crippen LogP contribution in [0.3, 0.4) is 0 Å². The highest BCUT2D eigenvalue weighted by Gasteiger charge is 2.58. The maximum atomic E-state index is 13.8. The van der Waals surface area contributed by atoms with Gasteiger partial charge in [-0.3, -0.25) is 4.68 Å². The number of hydrogen-bond donors (Lipinski definition) is 2. The first-order chi connectivity index (χ1) is 19.7. The molecule has 6 rings (SSSR count). The standard InChI is InChI=1S/C28H28FN7O4S/c1-35-18-22(17-30-35)32-27(37)31-21-6-2-19(3-7-21)26-33-24(16-25(34-26)36-12-14-40-15-13-36)28(10-11-28)41(38,39)23-8-4-20(29)5-9-23/h2-9,16-18H,10-15H2,1H3,(H2,31,32,37). The molecule has 0 bridgehead atoms. The Morgan fingerprint density at radius 3 is 2.29 bits per heavy atom. The Hall–Kier alpha value is -4.36. The number of hydrogen-bond acceptors (Lipinski definition) is 8. The van der Waals surface area contributed by atoms with Gasteiger partial charge in [0.1, 0.15) is 16.4 Å². The van der Waals surface area contributed by atoms with Crippen molar-refractivity contribution in [1.29, 1.82) is 0 Å². The van der Waals surface area contributed by atoms with Gasteiger partial charge in [-0.05, 0) is 61.4 Å². The lowest BCUT2D eigenvalue weighted by Gasteiger charge is -2.29. The van der Waals surface area contributed by atoms with Crippen molar-refractivity contribution in [3.05, 3.63) is 78.5 Å². The van der Waals surface area contributed by atoms with Crippen LogP contribution in [-0.4, -0.2) is 60.5 Å². The number of halogens is 1. The second kappa shape index (κ2) is 10.6. The molecule has 0 atom stereocenters. The molecule has 2 aliphatic rings. The molecule has 2 N–H and O–H groups in total. The van der Waals surface area contributed by atoms with Gasteiger partial charge in [-0.2, -0.15) is 5.10 Å². The lowest BCUT2D eigenvalue weighted by Crippen LogP contribution is -2.37. The van der Waals surface area contributed by atoms with E-state index in [1.54, 1.807) is 54.5 Å². The summed E-state index contributed by atoms with van der Waals surface area (Å²) in [6.07, 6.45) is 4.03. The molecule has 4 aromatic rings. The van der Waals surface area contributed by atoms with E-state index in [4.69, 9.17) is 14.7 Å². The molecule has 0 spiro atoms. The van der Waals surface area contributed by atoms with Gasteiger partial charge in [0.15, 0.2) is 15.7 Å². The number of aromatic nitrogens is 4. The van der Waals surface area contributed by atoms with Crippen LogP contribution < -0.4 is 15.5 Å². The maximum Gasteiger partial charge on any atom is 0.323 e. The second-order valence-corrected chi connectivity index (χ2v) is 12.3. The lowest BCUT2D eigenvalue weighted by atomic mass is 10.1. The van der Waals surface area contributed by atoms with Crippen molar-refractivity contribution < 1.29 is 22.3 Å². The Balaban J connectivity index is 1.31. The van der Waals surface area contributed by atoms with Gasteiger partial charge < -0.3 is 20.3 Å². The summed E-state index contributed by atoms with van der Waals surface area (Å²) in [5.74, 6) is 0.489. The smallest absolute Gasteiger partial charge is 0.323 e. The quantitative estimate of drug-likeness (QED) is 0.316. The number of urea groups is 1. The Kier molecular flexibility index (Phi) is 6.91. The first-order valence-corrected chi connectivity index (χ1v) is 14.6. The van der Waals surface area contributed by atoms with Crippen LogP contribution in [0.25, 0.3) is 11.4 Å². The Morgan fingerprint density at radius 1 is 0.976 bits per heavy atom. The zero-order valence-electron chi connectivity index (χ0n) is 22.2. The largest absolute Gasteiger partial charge is 0.378 e. The summed E-state index contributed by atoms with van der Waals surface area (Å²) in [4.78, 5) is 24.0. The monoisotopic (exact) mass is 577 g/mol. The van der Waals surface area contributed by atoms with E-state index < -0.39 is 26.4 Å². The number of anilines is 3. The van der Waals surface area contributed by atoms with Gasteiger partial charge in [0.25, 0.3) is 0 Å². The van der Waals surface area contributed by atoms with E-state index in [2.05, 4.69) is 20.6 Å². The van der Waals surface area contributed by atoms with Gasteiger partial charge in [0, 0.05) is 43.7 Å².